The van der Waals surface area contributed by atoms with Gasteiger partial charge in [-0.1, -0.05) is 29.8 Å². The molecule has 5 rings (SSSR count). The maximum Gasteiger partial charge on any atom is 0.243 e. The fraction of sp³-hybridized carbons (Fsp3) is 0.179. The molecule has 9 heteroatoms. The molecule has 0 bridgehead atoms. The van der Waals surface area contributed by atoms with E-state index < -0.39 is 15.4 Å². The van der Waals surface area contributed by atoms with E-state index in [-0.39, 0.29) is 41.7 Å². The molecule has 37 heavy (non-hydrogen) atoms. The first-order valence-electron chi connectivity index (χ1n) is 11.8. The Hall–Kier alpha value is -3.95. The van der Waals surface area contributed by atoms with Crippen molar-refractivity contribution >= 4 is 27.7 Å². The van der Waals surface area contributed by atoms with Crippen molar-refractivity contribution in [3.05, 3.63) is 113 Å². The molecule has 2 aromatic carbocycles. The van der Waals surface area contributed by atoms with Gasteiger partial charge in [0.2, 0.25) is 10.0 Å². The number of benzene rings is 2. The molecule has 0 radical (unpaired) electrons. The number of hydrogen-bond acceptors (Lipinski definition) is 6. The molecule has 1 fully saturated rings. The number of pyridine rings is 1. The van der Waals surface area contributed by atoms with E-state index in [0.29, 0.717) is 23.4 Å². The third-order valence-corrected chi connectivity index (χ3v) is 8.72. The molecule has 2 N–H and O–H groups in total. The number of rotatable bonds is 7. The van der Waals surface area contributed by atoms with E-state index in [1.54, 1.807) is 60.7 Å². The van der Waals surface area contributed by atoms with E-state index >= 15 is 0 Å². The molecule has 0 spiro atoms. The number of sulfonamides is 1. The number of fused-ring (bicyclic) bond motifs is 1. The molecule has 1 aliphatic heterocycles. The number of nitrogens with one attached hydrogen (secondary N) is 2. The van der Waals surface area contributed by atoms with Crippen molar-refractivity contribution in [3.63, 3.8) is 0 Å². The summed E-state index contributed by atoms with van der Waals surface area (Å²) in [5.74, 6) is -0.645. The number of hydrogen-bond donors (Lipinski definition) is 2. The number of anilines is 1. The normalized spacial score (nSPS) is 20.1. The maximum absolute atomic E-state index is 14.0. The number of piperidine rings is 1. The largest absolute Gasteiger partial charge is 0.355 e. The second-order valence-electron chi connectivity index (χ2n) is 9.09. The predicted octanol–water partition coefficient (Wildman–Crippen LogP) is 4.83. The Morgan fingerprint density at radius 2 is 1.78 bits per heavy atom. The van der Waals surface area contributed by atoms with Gasteiger partial charge in [-0.3, -0.25) is 9.78 Å². The molecule has 2 heterocycles. The fourth-order valence-corrected chi connectivity index (χ4v) is 6.48. The summed E-state index contributed by atoms with van der Waals surface area (Å²) in [6.07, 6.45) is 5.01. The van der Waals surface area contributed by atoms with E-state index in [1.807, 2.05) is 6.08 Å². The first kappa shape index (κ1) is 24.7. The van der Waals surface area contributed by atoms with E-state index in [1.165, 1.54) is 28.8 Å². The highest BCUT2D eigenvalue weighted by Crippen LogP contribution is 2.47. The lowest BCUT2D eigenvalue weighted by atomic mass is 9.65. The van der Waals surface area contributed by atoms with E-state index in [0.717, 1.165) is 5.57 Å². The van der Waals surface area contributed by atoms with Gasteiger partial charge in [0.1, 0.15) is 11.5 Å². The molecular weight excluding hydrogens is 491 g/mol. The van der Waals surface area contributed by atoms with Gasteiger partial charge in [0.05, 0.1) is 10.3 Å². The Labute approximate surface area is 214 Å². The maximum atomic E-state index is 14.0. The smallest absolute Gasteiger partial charge is 0.243 e. The predicted molar refractivity (Wildman–Crippen MR) is 139 cm³/mol. The molecule has 1 atom stereocenters. The van der Waals surface area contributed by atoms with E-state index in [4.69, 9.17) is 5.41 Å². The van der Waals surface area contributed by atoms with Gasteiger partial charge in [0.25, 0.3) is 0 Å². The Balaban J connectivity index is 1.57. The van der Waals surface area contributed by atoms with Crippen LogP contribution in [0, 0.1) is 16.6 Å². The average molecular weight is 517 g/mol. The van der Waals surface area contributed by atoms with Crippen molar-refractivity contribution in [2.24, 2.45) is 5.41 Å². The monoisotopic (exact) mass is 516 g/mol. The highest BCUT2D eigenvalue weighted by Gasteiger charge is 2.51. The highest BCUT2D eigenvalue weighted by molar-refractivity contribution is 7.89. The van der Waals surface area contributed by atoms with Crippen LogP contribution >= 0.6 is 0 Å². The third kappa shape index (κ3) is 4.63. The zero-order valence-electron chi connectivity index (χ0n) is 19.9. The highest BCUT2D eigenvalue weighted by atomic mass is 32.2. The van der Waals surface area contributed by atoms with Crippen LogP contribution in [0.2, 0.25) is 0 Å². The van der Waals surface area contributed by atoms with Gasteiger partial charge in [0, 0.05) is 36.9 Å². The average Bonchev–Trinajstić information content (AvgIpc) is 2.94. The lowest BCUT2D eigenvalue weighted by molar-refractivity contribution is 0.0770. The number of halogens is 1. The Morgan fingerprint density at radius 3 is 2.46 bits per heavy atom. The summed E-state index contributed by atoms with van der Waals surface area (Å²) in [5, 5.41) is 11.3. The summed E-state index contributed by atoms with van der Waals surface area (Å²) in [7, 11) is -3.85. The minimum atomic E-state index is -3.85. The molecule has 0 saturated carbocycles. The number of ketones is 1. The second-order valence-corrected chi connectivity index (χ2v) is 11.0. The lowest BCUT2D eigenvalue weighted by Gasteiger charge is -2.45. The first-order valence-corrected chi connectivity index (χ1v) is 13.3. The SMILES string of the molecule is N=CC1=C(Nc2ccc(F)cc2)C=C2CCN(S(=O)(=O)c3ccccc3)C[C@@]2(C(=O)c2ccccn2)C1. The van der Waals surface area contributed by atoms with Gasteiger partial charge < -0.3 is 10.7 Å². The number of carbonyl (C=O) groups is 1. The van der Waals surface area contributed by atoms with Crippen LogP contribution in [0.25, 0.3) is 0 Å². The molecule has 188 valence electrons. The number of nitrogens with zero attached hydrogens (tertiary/aromatic N) is 2. The number of aromatic nitrogens is 1. The molecule has 7 nitrogen and oxygen atoms in total. The van der Waals surface area contributed by atoms with Crippen molar-refractivity contribution in [3.8, 4) is 0 Å². The van der Waals surface area contributed by atoms with E-state index in [2.05, 4.69) is 10.3 Å². The molecule has 2 aliphatic rings. The fourth-order valence-electron chi connectivity index (χ4n) is 4.95. The van der Waals surface area contributed by atoms with Crippen LogP contribution in [0.4, 0.5) is 10.1 Å². The van der Waals surface area contributed by atoms with Crippen molar-refractivity contribution in [2.75, 3.05) is 18.4 Å². The van der Waals surface area contributed by atoms with Crippen LogP contribution in [-0.2, 0) is 10.0 Å². The number of carbonyl (C=O) groups excluding carboxylic acids is 1. The topological polar surface area (TPSA) is 103 Å². The molecule has 1 saturated heterocycles. The molecule has 0 unspecified atom stereocenters. The van der Waals surface area contributed by atoms with Crippen LogP contribution < -0.4 is 5.32 Å². The molecule has 1 aliphatic carbocycles. The van der Waals surface area contributed by atoms with Crippen molar-refractivity contribution in [2.45, 2.75) is 17.7 Å². The van der Waals surface area contributed by atoms with Crippen LogP contribution in [0.5, 0.6) is 0 Å². The molecule has 3 aromatic rings. The summed E-state index contributed by atoms with van der Waals surface area (Å²) < 4.78 is 41.8. The summed E-state index contributed by atoms with van der Waals surface area (Å²) in [5.41, 5.74) is 1.61. The lowest BCUT2D eigenvalue weighted by Crippen LogP contribution is -2.52. The Bertz CT molecular complexity index is 1500. The van der Waals surface area contributed by atoms with Crippen LogP contribution in [0.3, 0.4) is 0 Å². The molecular formula is C28H25FN4O3S. The Morgan fingerprint density at radius 1 is 1.05 bits per heavy atom. The molecule has 1 aromatic heterocycles. The zero-order chi connectivity index (χ0) is 26.0. The van der Waals surface area contributed by atoms with Gasteiger partial charge in [-0.25, -0.2) is 12.8 Å². The summed E-state index contributed by atoms with van der Waals surface area (Å²) in [6.45, 7) is 0.150. The van der Waals surface area contributed by atoms with Crippen LogP contribution in [0.1, 0.15) is 23.3 Å². The second kappa shape index (κ2) is 9.84. The zero-order valence-corrected chi connectivity index (χ0v) is 20.7. The van der Waals surface area contributed by atoms with Crippen molar-refractivity contribution in [1.82, 2.24) is 9.29 Å². The minimum absolute atomic E-state index is 0.0629. The van der Waals surface area contributed by atoms with Crippen molar-refractivity contribution in [1.29, 1.82) is 5.41 Å². The van der Waals surface area contributed by atoms with Gasteiger partial charge in [0.15, 0.2) is 5.78 Å². The van der Waals surface area contributed by atoms with Gasteiger partial charge in [-0.15, -0.1) is 0 Å². The summed E-state index contributed by atoms with van der Waals surface area (Å²) in [4.78, 5) is 18.5. The van der Waals surface area contributed by atoms with E-state index in [9.17, 15) is 17.6 Å². The standard InChI is InChI=1S/C28H25FN4O3S/c29-22-9-11-23(12-10-22)32-26-16-21-13-15-33(37(35,36)24-6-2-1-3-7-24)19-28(21,17-20(26)18-30)27(34)25-8-4-5-14-31-25/h1-12,14,16,18,30,32H,13,15,17,19H2/t28-/m0/s1. The number of allylic oxidation sites excluding steroid dienone is 2. The van der Waals surface area contributed by atoms with Gasteiger partial charge in [-0.05, 0) is 73.0 Å². The van der Waals surface area contributed by atoms with Gasteiger partial charge in [-0.2, -0.15) is 4.31 Å². The minimum Gasteiger partial charge on any atom is -0.355 e. The van der Waals surface area contributed by atoms with Crippen LogP contribution in [-0.4, -0.2) is 42.8 Å². The first-order chi connectivity index (χ1) is 17.8. The Kier molecular flexibility index (Phi) is 6.57. The number of Topliss-reactive ketones (excluding diaryl/α,β-unsaturated/α-hetero) is 1. The van der Waals surface area contributed by atoms with Crippen LogP contribution in [0.15, 0.2) is 107 Å². The summed E-state index contributed by atoms with van der Waals surface area (Å²) >= 11 is 0. The van der Waals surface area contributed by atoms with Gasteiger partial charge >= 0.3 is 0 Å². The summed E-state index contributed by atoms with van der Waals surface area (Å²) in [6, 6.07) is 19.1. The quantitative estimate of drug-likeness (QED) is 0.346. The third-order valence-electron chi connectivity index (χ3n) is 6.86. The molecule has 0 amide bonds. The van der Waals surface area contributed by atoms with Crippen molar-refractivity contribution < 1.29 is 17.6 Å².